The Hall–Kier alpha value is -3.38. The van der Waals surface area contributed by atoms with Gasteiger partial charge < -0.3 is 4.42 Å². The monoisotopic (exact) mass is 374 g/mol. The van der Waals surface area contributed by atoms with Crippen LogP contribution in [-0.4, -0.2) is 17.9 Å². The fourth-order valence-corrected chi connectivity index (χ4v) is 4.01. The van der Waals surface area contributed by atoms with Crippen LogP contribution in [0.15, 0.2) is 77.4 Å². The second-order valence-corrected chi connectivity index (χ2v) is 6.97. The van der Waals surface area contributed by atoms with Gasteiger partial charge in [-0.3, -0.25) is 14.4 Å². The number of nitrogens with zero attached hydrogens (tertiary/aromatic N) is 2. The Morgan fingerprint density at radius 2 is 1.61 bits per heavy atom. The molecule has 0 spiro atoms. The first-order valence-electron chi connectivity index (χ1n) is 9.15. The highest BCUT2D eigenvalue weighted by molar-refractivity contribution is 6.24. The second kappa shape index (κ2) is 6.35. The molecule has 5 rings (SSSR count). The summed E-state index contributed by atoms with van der Waals surface area (Å²) in [5, 5.41) is 1.62. The van der Waals surface area contributed by atoms with Crippen LogP contribution in [0.25, 0.3) is 0 Å². The molecule has 0 radical (unpaired) electrons. The zero-order chi connectivity index (χ0) is 19.3. The summed E-state index contributed by atoms with van der Waals surface area (Å²) in [4.78, 5) is 33.9. The van der Waals surface area contributed by atoms with E-state index in [1.807, 2.05) is 55.5 Å². The zero-order valence-electron chi connectivity index (χ0n) is 15.2. The Balaban J connectivity index is 1.59. The highest BCUT2D eigenvalue weighted by Gasteiger charge is 2.61. The van der Waals surface area contributed by atoms with Gasteiger partial charge in [0.05, 0.1) is 17.6 Å². The fourth-order valence-electron chi connectivity index (χ4n) is 4.01. The standard InChI is InChI=1S/C22H18N2O4/c1-14-8-5-6-11-16(14)23-21(25)18-19(17-12-7-13-27-17)24(28-20(18)22(23)26)15-9-3-2-4-10-15/h2-13,18-20H,1H3/t18-,19+,20-/m1/s1. The molecule has 6 nitrogen and oxygen atoms in total. The van der Waals surface area contributed by atoms with Gasteiger partial charge in [0.2, 0.25) is 5.91 Å². The highest BCUT2D eigenvalue weighted by atomic mass is 16.7. The van der Waals surface area contributed by atoms with Gasteiger partial charge in [-0.15, -0.1) is 0 Å². The van der Waals surface area contributed by atoms with E-state index in [-0.39, 0.29) is 11.8 Å². The number of amides is 2. The topological polar surface area (TPSA) is 63.0 Å². The van der Waals surface area contributed by atoms with Crippen LogP contribution >= 0.6 is 0 Å². The van der Waals surface area contributed by atoms with Gasteiger partial charge in [0, 0.05) is 0 Å². The van der Waals surface area contributed by atoms with E-state index >= 15 is 0 Å². The predicted molar refractivity (Wildman–Crippen MR) is 102 cm³/mol. The van der Waals surface area contributed by atoms with Gasteiger partial charge in [0.1, 0.15) is 17.7 Å². The van der Waals surface area contributed by atoms with Crippen molar-refractivity contribution in [3.63, 3.8) is 0 Å². The number of benzene rings is 2. The molecule has 2 fully saturated rings. The molecular weight excluding hydrogens is 356 g/mol. The van der Waals surface area contributed by atoms with Crippen LogP contribution in [0.2, 0.25) is 0 Å². The van der Waals surface area contributed by atoms with Crippen LogP contribution in [0.3, 0.4) is 0 Å². The maximum Gasteiger partial charge on any atom is 0.266 e. The maximum atomic E-state index is 13.4. The molecule has 2 amide bonds. The maximum absolute atomic E-state index is 13.4. The molecule has 2 saturated heterocycles. The third-order valence-corrected chi connectivity index (χ3v) is 5.32. The van der Waals surface area contributed by atoms with E-state index < -0.39 is 18.1 Å². The molecule has 140 valence electrons. The number of furan rings is 1. The van der Waals surface area contributed by atoms with E-state index in [2.05, 4.69) is 0 Å². The summed E-state index contributed by atoms with van der Waals surface area (Å²) in [5.41, 5.74) is 2.22. The lowest BCUT2D eigenvalue weighted by Crippen LogP contribution is -2.37. The van der Waals surface area contributed by atoms with Gasteiger partial charge >= 0.3 is 0 Å². The number of hydroxylamine groups is 1. The lowest BCUT2D eigenvalue weighted by atomic mass is 9.94. The van der Waals surface area contributed by atoms with Crippen molar-refractivity contribution in [1.29, 1.82) is 0 Å². The molecule has 0 saturated carbocycles. The summed E-state index contributed by atoms with van der Waals surface area (Å²) < 4.78 is 5.62. The molecule has 1 aromatic heterocycles. The van der Waals surface area contributed by atoms with Gasteiger partial charge in [-0.25, -0.2) is 9.96 Å². The van der Waals surface area contributed by atoms with Crippen LogP contribution in [0, 0.1) is 12.8 Å². The van der Waals surface area contributed by atoms with Crippen molar-refractivity contribution < 1.29 is 18.8 Å². The van der Waals surface area contributed by atoms with Crippen molar-refractivity contribution in [1.82, 2.24) is 0 Å². The number of aryl methyl sites for hydroxylation is 1. The number of hydrogen-bond donors (Lipinski definition) is 0. The smallest absolute Gasteiger partial charge is 0.266 e. The van der Waals surface area contributed by atoms with E-state index in [4.69, 9.17) is 9.25 Å². The van der Waals surface area contributed by atoms with Crippen LogP contribution in [0.4, 0.5) is 11.4 Å². The van der Waals surface area contributed by atoms with Crippen molar-refractivity contribution in [3.05, 3.63) is 84.3 Å². The van der Waals surface area contributed by atoms with Crippen molar-refractivity contribution in [2.24, 2.45) is 5.92 Å². The van der Waals surface area contributed by atoms with Crippen LogP contribution in [-0.2, 0) is 14.4 Å². The summed E-state index contributed by atoms with van der Waals surface area (Å²) in [6.45, 7) is 1.88. The summed E-state index contributed by atoms with van der Waals surface area (Å²) in [6, 6.07) is 19.8. The minimum absolute atomic E-state index is 0.274. The summed E-state index contributed by atoms with van der Waals surface area (Å²) >= 11 is 0. The Labute approximate surface area is 161 Å². The van der Waals surface area contributed by atoms with Gasteiger partial charge in [-0.05, 0) is 42.8 Å². The number of fused-ring (bicyclic) bond motifs is 1. The van der Waals surface area contributed by atoms with Crippen molar-refractivity contribution in [2.75, 3.05) is 9.96 Å². The third kappa shape index (κ3) is 2.38. The summed E-state index contributed by atoms with van der Waals surface area (Å²) in [5.74, 6) is -0.717. The number of para-hydroxylation sites is 2. The fraction of sp³-hybridized carbons (Fsp3) is 0.182. The number of carbonyl (C=O) groups is 2. The number of anilines is 2. The number of rotatable bonds is 3. The SMILES string of the molecule is Cc1ccccc1N1C(=O)[C@H]2[C@@H](ON(c3ccccc3)[C@H]2c2ccco2)C1=O. The van der Waals surface area contributed by atoms with E-state index in [9.17, 15) is 9.59 Å². The van der Waals surface area contributed by atoms with Crippen LogP contribution in [0.5, 0.6) is 0 Å². The molecule has 0 N–H and O–H groups in total. The van der Waals surface area contributed by atoms with E-state index in [0.29, 0.717) is 11.4 Å². The highest BCUT2D eigenvalue weighted by Crippen LogP contribution is 2.47. The average Bonchev–Trinajstić information content (AvgIpc) is 3.41. The first kappa shape index (κ1) is 16.8. The second-order valence-electron chi connectivity index (χ2n) is 6.97. The number of hydrogen-bond acceptors (Lipinski definition) is 5. The first-order chi connectivity index (χ1) is 13.7. The van der Waals surface area contributed by atoms with Gasteiger partial charge in [-0.1, -0.05) is 36.4 Å². The molecule has 0 aliphatic carbocycles. The van der Waals surface area contributed by atoms with Crippen LogP contribution in [0.1, 0.15) is 17.4 Å². The molecule has 0 bridgehead atoms. The Kier molecular flexibility index (Phi) is 3.80. The molecule has 3 atom stereocenters. The Morgan fingerprint density at radius 3 is 2.32 bits per heavy atom. The molecule has 3 heterocycles. The minimum atomic E-state index is -0.887. The van der Waals surface area contributed by atoms with Crippen LogP contribution < -0.4 is 9.96 Å². The van der Waals surface area contributed by atoms with E-state index in [1.165, 1.54) is 4.90 Å². The molecule has 0 unspecified atom stereocenters. The largest absolute Gasteiger partial charge is 0.467 e. The van der Waals surface area contributed by atoms with Gasteiger partial charge in [-0.2, -0.15) is 0 Å². The Bertz CT molecular complexity index is 1030. The average molecular weight is 374 g/mol. The number of carbonyl (C=O) groups excluding carboxylic acids is 2. The predicted octanol–water partition coefficient (Wildman–Crippen LogP) is 3.64. The lowest BCUT2D eigenvalue weighted by molar-refractivity contribution is -0.126. The normalized spacial score (nSPS) is 24.1. The Morgan fingerprint density at radius 1 is 0.857 bits per heavy atom. The molecule has 2 aliphatic heterocycles. The zero-order valence-corrected chi connectivity index (χ0v) is 15.2. The summed E-state index contributed by atoms with van der Waals surface area (Å²) in [6.07, 6.45) is 0.675. The molecular formula is C22H18N2O4. The van der Waals surface area contributed by atoms with E-state index in [0.717, 1.165) is 11.3 Å². The molecule has 3 aromatic rings. The quantitative estimate of drug-likeness (QED) is 0.655. The molecule has 2 aliphatic rings. The summed E-state index contributed by atoms with van der Waals surface area (Å²) in [7, 11) is 0. The van der Waals surface area contributed by atoms with Crippen molar-refractivity contribution in [3.8, 4) is 0 Å². The van der Waals surface area contributed by atoms with E-state index in [1.54, 1.807) is 29.5 Å². The number of imide groups is 1. The molecule has 2 aromatic carbocycles. The van der Waals surface area contributed by atoms with Gasteiger partial charge in [0.15, 0.2) is 6.10 Å². The first-order valence-corrected chi connectivity index (χ1v) is 9.15. The van der Waals surface area contributed by atoms with Crippen molar-refractivity contribution >= 4 is 23.2 Å². The third-order valence-electron chi connectivity index (χ3n) is 5.32. The molecule has 28 heavy (non-hydrogen) atoms. The lowest BCUT2D eigenvalue weighted by Gasteiger charge is -2.27. The van der Waals surface area contributed by atoms with Gasteiger partial charge in [0.25, 0.3) is 5.91 Å². The van der Waals surface area contributed by atoms with Crippen molar-refractivity contribution in [2.45, 2.75) is 19.1 Å². The minimum Gasteiger partial charge on any atom is -0.467 e. The molecule has 6 heteroatoms.